The van der Waals surface area contributed by atoms with E-state index in [1.54, 1.807) is 18.9 Å². The molecular formula is C15H27NO4. The lowest BCUT2D eigenvalue weighted by atomic mass is 9.79. The third-order valence-corrected chi connectivity index (χ3v) is 3.72. The maximum atomic E-state index is 12.7. The van der Waals surface area contributed by atoms with Crippen LogP contribution in [0.25, 0.3) is 0 Å². The molecule has 1 heterocycles. The van der Waals surface area contributed by atoms with Crippen LogP contribution < -0.4 is 0 Å². The number of nitrogens with zero attached hydrogens (tertiary/aromatic N) is 1. The fourth-order valence-electron chi connectivity index (χ4n) is 2.51. The number of esters is 1. The highest BCUT2D eigenvalue weighted by molar-refractivity contribution is 5.98. The molecule has 1 fully saturated rings. The fourth-order valence-corrected chi connectivity index (χ4v) is 2.51. The standard InChI is InChI=1S/C15H27NO4/c1-6-20-14(18)12(15(2,3)4)13(17)16(5)11-7-9-19-10-8-11/h11-12H,6-10H2,1-5H3. The van der Waals surface area contributed by atoms with E-state index >= 15 is 0 Å². The van der Waals surface area contributed by atoms with Gasteiger partial charge in [0.1, 0.15) is 5.92 Å². The number of carbonyl (C=O) groups is 2. The molecule has 0 aromatic rings. The van der Waals surface area contributed by atoms with Gasteiger partial charge in [0.05, 0.1) is 6.61 Å². The van der Waals surface area contributed by atoms with Crippen molar-refractivity contribution in [3.05, 3.63) is 0 Å². The molecule has 0 radical (unpaired) electrons. The molecule has 0 aromatic carbocycles. The summed E-state index contributed by atoms with van der Waals surface area (Å²) in [5.41, 5.74) is -0.456. The van der Waals surface area contributed by atoms with Gasteiger partial charge < -0.3 is 14.4 Å². The predicted octanol–water partition coefficient (Wildman–Crippen LogP) is 1.85. The molecule has 1 saturated heterocycles. The molecular weight excluding hydrogens is 258 g/mol. The van der Waals surface area contributed by atoms with Crippen LogP contribution in [0.15, 0.2) is 0 Å². The molecule has 1 unspecified atom stereocenters. The van der Waals surface area contributed by atoms with Crippen LogP contribution in [0.1, 0.15) is 40.5 Å². The maximum Gasteiger partial charge on any atom is 0.319 e. The van der Waals surface area contributed by atoms with Crippen molar-refractivity contribution in [2.45, 2.75) is 46.6 Å². The Morgan fingerprint density at radius 2 is 1.85 bits per heavy atom. The lowest BCUT2D eigenvalue weighted by Crippen LogP contribution is -2.49. The van der Waals surface area contributed by atoms with E-state index in [0.29, 0.717) is 19.8 Å². The zero-order chi connectivity index (χ0) is 15.3. The lowest BCUT2D eigenvalue weighted by Gasteiger charge is -2.36. The number of hydrogen-bond acceptors (Lipinski definition) is 4. The summed E-state index contributed by atoms with van der Waals surface area (Å²) in [7, 11) is 1.77. The summed E-state index contributed by atoms with van der Waals surface area (Å²) in [5.74, 6) is -1.33. The Bertz CT molecular complexity index is 342. The molecule has 20 heavy (non-hydrogen) atoms. The first kappa shape index (κ1) is 17.0. The summed E-state index contributed by atoms with van der Waals surface area (Å²) in [6.45, 7) is 9.06. The summed E-state index contributed by atoms with van der Waals surface area (Å²) in [6, 6.07) is 0.149. The van der Waals surface area contributed by atoms with Crippen molar-refractivity contribution in [2.24, 2.45) is 11.3 Å². The normalized spacial score (nSPS) is 18.4. The van der Waals surface area contributed by atoms with Crippen molar-refractivity contribution in [2.75, 3.05) is 26.9 Å². The molecule has 1 atom stereocenters. The Labute approximate surface area is 121 Å². The molecule has 116 valence electrons. The van der Waals surface area contributed by atoms with Gasteiger partial charge in [-0.3, -0.25) is 9.59 Å². The van der Waals surface area contributed by atoms with Gasteiger partial charge in [0.15, 0.2) is 0 Å². The first-order valence-corrected chi connectivity index (χ1v) is 7.30. The Hall–Kier alpha value is -1.10. The zero-order valence-corrected chi connectivity index (χ0v) is 13.3. The van der Waals surface area contributed by atoms with Crippen molar-refractivity contribution in [1.82, 2.24) is 4.90 Å². The lowest BCUT2D eigenvalue weighted by molar-refractivity contribution is -0.161. The number of ether oxygens (including phenoxy) is 2. The molecule has 0 aliphatic carbocycles. The van der Waals surface area contributed by atoms with Gasteiger partial charge in [-0.25, -0.2) is 0 Å². The van der Waals surface area contributed by atoms with Gasteiger partial charge in [-0.2, -0.15) is 0 Å². The van der Waals surface area contributed by atoms with Gasteiger partial charge in [0, 0.05) is 26.3 Å². The number of amides is 1. The summed E-state index contributed by atoms with van der Waals surface area (Å²) in [5, 5.41) is 0. The minimum Gasteiger partial charge on any atom is -0.465 e. The molecule has 1 rings (SSSR count). The van der Waals surface area contributed by atoms with Gasteiger partial charge >= 0.3 is 5.97 Å². The third kappa shape index (κ3) is 4.20. The molecule has 5 heteroatoms. The van der Waals surface area contributed by atoms with Crippen LogP contribution in [-0.4, -0.2) is 49.7 Å². The molecule has 5 nitrogen and oxygen atoms in total. The highest BCUT2D eigenvalue weighted by Gasteiger charge is 2.41. The van der Waals surface area contributed by atoms with Gasteiger partial charge in [-0.05, 0) is 25.2 Å². The summed E-state index contributed by atoms with van der Waals surface area (Å²) < 4.78 is 10.4. The molecule has 1 aliphatic heterocycles. The SMILES string of the molecule is CCOC(=O)C(C(=O)N(C)C1CCOCC1)C(C)(C)C. The Kier molecular flexibility index (Phi) is 5.99. The van der Waals surface area contributed by atoms with Crippen LogP contribution in [0.4, 0.5) is 0 Å². The summed E-state index contributed by atoms with van der Waals surface area (Å²) >= 11 is 0. The Morgan fingerprint density at radius 1 is 1.30 bits per heavy atom. The third-order valence-electron chi connectivity index (χ3n) is 3.72. The second-order valence-corrected chi connectivity index (χ2v) is 6.34. The highest BCUT2D eigenvalue weighted by Crippen LogP contribution is 2.30. The topological polar surface area (TPSA) is 55.8 Å². The quantitative estimate of drug-likeness (QED) is 0.584. The van der Waals surface area contributed by atoms with E-state index in [-0.39, 0.29) is 11.9 Å². The second-order valence-electron chi connectivity index (χ2n) is 6.34. The van der Waals surface area contributed by atoms with E-state index in [1.807, 2.05) is 20.8 Å². The van der Waals surface area contributed by atoms with Crippen molar-refractivity contribution in [3.63, 3.8) is 0 Å². The van der Waals surface area contributed by atoms with E-state index in [9.17, 15) is 9.59 Å². The number of carbonyl (C=O) groups excluding carboxylic acids is 2. The number of hydrogen-bond donors (Lipinski definition) is 0. The van der Waals surface area contributed by atoms with Crippen molar-refractivity contribution in [1.29, 1.82) is 0 Å². The zero-order valence-electron chi connectivity index (χ0n) is 13.3. The maximum absolute atomic E-state index is 12.7. The van der Waals surface area contributed by atoms with E-state index in [2.05, 4.69) is 0 Å². The van der Waals surface area contributed by atoms with Crippen LogP contribution in [0, 0.1) is 11.3 Å². The Morgan fingerprint density at radius 3 is 2.30 bits per heavy atom. The average molecular weight is 285 g/mol. The van der Waals surface area contributed by atoms with Crippen LogP contribution in [0.3, 0.4) is 0 Å². The first-order chi connectivity index (χ1) is 9.29. The van der Waals surface area contributed by atoms with Gasteiger partial charge in [0.2, 0.25) is 5.91 Å². The molecule has 0 saturated carbocycles. The minimum atomic E-state index is -0.754. The number of rotatable bonds is 4. The van der Waals surface area contributed by atoms with Crippen LogP contribution >= 0.6 is 0 Å². The highest BCUT2D eigenvalue weighted by atomic mass is 16.5. The second kappa shape index (κ2) is 7.07. The predicted molar refractivity (Wildman–Crippen MR) is 76.2 cm³/mol. The van der Waals surface area contributed by atoms with E-state index in [4.69, 9.17) is 9.47 Å². The average Bonchev–Trinajstić information content (AvgIpc) is 2.37. The van der Waals surface area contributed by atoms with Crippen LogP contribution in [0.2, 0.25) is 0 Å². The van der Waals surface area contributed by atoms with Gasteiger partial charge in [-0.15, -0.1) is 0 Å². The molecule has 0 spiro atoms. The Balaban J connectivity index is 2.84. The molecule has 1 amide bonds. The molecule has 0 bridgehead atoms. The largest absolute Gasteiger partial charge is 0.465 e. The van der Waals surface area contributed by atoms with E-state index < -0.39 is 17.3 Å². The van der Waals surface area contributed by atoms with Gasteiger partial charge in [0.25, 0.3) is 0 Å². The van der Waals surface area contributed by atoms with Crippen LogP contribution in [0.5, 0.6) is 0 Å². The van der Waals surface area contributed by atoms with Crippen molar-refractivity contribution < 1.29 is 19.1 Å². The first-order valence-electron chi connectivity index (χ1n) is 7.30. The van der Waals surface area contributed by atoms with Crippen LogP contribution in [-0.2, 0) is 19.1 Å². The summed E-state index contributed by atoms with van der Waals surface area (Å²) in [6.07, 6.45) is 1.64. The van der Waals surface area contributed by atoms with E-state index in [0.717, 1.165) is 12.8 Å². The minimum absolute atomic E-state index is 0.149. The van der Waals surface area contributed by atoms with Gasteiger partial charge in [-0.1, -0.05) is 20.8 Å². The monoisotopic (exact) mass is 285 g/mol. The smallest absolute Gasteiger partial charge is 0.319 e. The van der Waals surface area contributed by atoms with Crippen molar-refractivity contribution in [3.8, 4) is 0 Å². The fraction of sp³-hybridized carbons (Fsp3) is 0.867. The molecule has 0 aromatic heterocycles. The van der Waals surface area contributed by atoms with E-state index in [1.165, 1.54) is 0 Å². The van der Waals surface area contributed by atoms with Crippen molar-refractivity contribution >= 4 is 11.9 Å². The molecule has 0 N–H and O–H groups in total. The molecule has 1 aliphatic rings. The summed E-state index contributed by atoms with van der Waals surface area (Å²) in [4.78, 5) is 26.5.